The maximum absolute atomic E-state index is 12.9. The van der Waals surface area contributed by atoms with Crippen molar-refractivity contribution in [2.75, 3.05) is 38.5 Å². The van der Waals surface area contributed by atoms with Crippen LogP contribution in [0.4, 0.5) is 10.1 Å². The van der Waals surface area contributed by atoms with Gasteiger partial charge in [-0.1, -0.05) is 6.07 Å². The number of likely N-dealkylation sites (N-methyl/N-ethyl adjacent to an activating group) is 1. The fourth-order valence-corrected chi connectivity index (χ4v) is 1.97. The van der Waals surface area contributed by atoms with Gasteiger partial charge in [0.25, 0.3) is 0 Å². The molecule has 0 amide bonds. The number of benzene rings is 1. The number of nitrogens with one attached hydrogen (secondary N) is 2. The first-order valence-corrected chi connectivity index (χ1v) is 5.65. The highest BCUT2D eigenvalue weighted by atomic mass is 19.1. The maximum Gasteiger partial charge on any atom is 0.125 e. The van der Waals surface area contributed by atoms with Crippen LogP contribution in [0.2, 0.25) is 0 Å². The summed E-state index contributed by atoms with van der Waals surface area (Å²) in [5.74, 6) is -0.196. The fraction of sp³-hybridized carbons (Fsp3) is 0.500. The number of halogens is 1. The SMILES string of the molecule is CN1CCNC(CNc2cccc(F)c2)C1. The molecule has 0 saturated carbocycles. The van der Waals surface area contributed by atoms with Crippen LogP contribution < -0.4 is 10.6 Å². The van der Waals surface area contributed by atoms with Crippen molar-refractivity contribution in [1.29, 1.82) is 0 Å². The van der Waals surface area contributed by atoms with Crippen molar-refractivity contribution < 1.29 is 4.39 Å². The lowest BCUT2D eigenvalue weighted by molar-refractivity contribution is 0.244. The Morgan fingerprint density at radius 1 is 1.56 bits per heavy atom. The van der Waals surface area contributed by atoms with Crippen LogP contribution in [0.15, 0.2) is 24.3 Å². The Morgan fingerprint density at radius 3 is 3.19 bits per heavy atom. The first-order chi connectivity index (χ1) is 7.74. The van der Waals surface area contributed by atoms with Crippen molar-refractivity contribution in [3.63, 3.8) is 0 Å². The summed E-state index contributed by atoms with van der Waals surface area (Å²) in [6.45, 7) is 3.97. The zero-order valence-electron chi connectivity index (χ0n) is 9.54. The predicted molar refractivity (Wildman–Crippen MR) is 64.2 cm³/mol. The van der Waals surface area contributed by atoms with E-state index in [0.29, 0.717) is 6.04 Å². The van der Waals surface area contributed by atoms with E-state index in [2.05, 4.69) is 22.6 Å². The number of hydrogen-bond donors (Lipinski definition) is 2. The van der Waals surface area contributed by atoms with Crippen LogP contribution in [-0.2, 0) is 0 Å². The molecule has 1 saturated heterocycles. The van der Waals surface area contributed by atoms with Crippen LogP contribution in [0.5, 0.6) is 0 Å². The average molecular weight is 223 g/mol. The lowest BCUT2D eigenvalue weighted by Crippen LogP contribution is -2.51. The Labute approximate surface area is 95.6 Å². The van der Waals surface area contributed by atoms with Crippen molar-refractivity contribution in [2.45, 2.75) is 6.04 Å². The van der Waals surface area contributed by atoms with E-state index in [1.807, 2.05) is 6.07 Å². The highest BCUT2D eigenvalue weighted by Crippen LogP contribution is 2.09. The second-order valence-electron chi connectivity index (χ2n) is 4.30. The van der Waals surface area contributed by atoms with Crippen LogP contribution in [0.25, 0.3) is 0 Å². The molecular formula is C12H18FN3. The molecule has 16 heavy (non-hydrogen) atoms. The van der Waals surface area contributed by atoms with Gasteiger partial charge in [-0.25, -0.2) is 4.39 Å². The first kappa shape index (κ1) is 11.4. The minimum atomic E-state index is -0.196. The van der Waals surface area contributed by atoms with Crippen molar-refractivity contribution in [1.82, 2.24) is 10.2 Å². The molecular weight excluding hydrogens is 205 g/mol. The summed E-state index contributed by atoms with van der Waals surface area (Å²) in [6.07, 6.45) is 0. The smallest absolute Gasteiger partial charge is 0.125 e. The zero-order valence-corrected chi connectivity index (χ0v) is 9.54. The number of piperazine rings is 1. The van der Waals surface area contributed by atoms with Gasteiger partial charge in [-0.05, 0) is 25.2 Å². The van der Waals surface area contributed by atoms with E-state index >= 15 is 0 Å². The van der Waals surface area contributed by atoms with Crippen molar-refractivity contribution in [3.8, 4) is 0 Å². The van der Waals surface area contributed by atoms with Gasteiger partial charge in [0.05, 0.1) is 0 Å². The second kappa shape index (κ2) is 5.27. The largest absolute Gasteiger partial charge is 0.383 e. The van der Waals surface area contributed by atoms with E-state index in [1.165, 1.54) is 12.1 Å². The van der Waals surface area contributed by atoms with E-state index in [4.69, 9.17) is 0 Å². The van der Waals surface area contributed by atoms with Crippen molar-refractivity contribution in [3.05, 3.63) is 30.1 Å². The standard InChI is InChI=1S/C12H18FN3/c1-16-6-5-14-12(9-16)8-15-11-4-2-3-10(13)7-11/h2-4,7,12,14-15H,5-6,8-9H2,1H3. The summed E-state index contributed by atoms with van der Waals surface area (Å²) < 4.78 is 12.9. The molecule has 0 bridgehead atoms. The van der Waals surface area contributed by atoms with Crippen molar-refractivity contribution >= 4 is 5.69 Å². The van der Waals surface area contributed by atoms with Gasteiger partial charge < -0.3 is 15.5 Å². The molecule has 1 aliphatic rings. The molecule has 1 fully saturated rings. The summed E-state index contributed by atoms with van der Waals surface area (Å²) >= 11 is 0. The predicted octanol–water partition coefficient (Wildman–Crippen LogP) is 1.14. The molecule has 1 heterocycles. The lowest BCUT2D eigenvalue weighted by atomic mass is 10.2. The van der Waals surface area contributed by atoms with Crippen LogP contribution in [0.1, 0.15) is 0 Å². The fourth-order valence-electron chi connectivity index (χ4n) is 1.97. The minimum Gasteiger partial charge on any atom is -0.383 e. The molecule has 2 rings (SSSR count). The molecule has 2 N–H and O–H groups in total. The second-order valence-corrected chi connectivity index (χ2v) is 4.30. The van der Waals surface area contributed by atoms with Gasteiger partial charge in [-0.2, -0.15) is 0 Å². The van der Waals surface area contributed by atoms with E-state index in [9.17, 15) is 4.39 Å². The third kappa shape index (κ3) is 3.18. The molecule has 1 unspecified atom stereocenters. The molecule has 1 aliphatic heterocycles. The molecule has 88 valence electrons. The van der Waals surface area contributed by atoms with Crippen LogP contribution in [0, 0.1) is 5.82 Å². The number of anilines is 1. The molecule has 4 heteroatoms. The van der Waals surface area contributed by atoms with Gasteiger partial charge in [-0.3, -0.25) is 0 Å². The Morgan fingerprint density at radius 2 is 2.44 bits per heavy atom. The molecule has 1 atom stereocenters. The van der Waals surface area contributed by atoms with Gasteiger partial charge in [-0.15, -0.1) is 0 Å². The van der Waals surface area contributed by atoms with E-state index in [-0.39, 0.29) is 5.82 Å². The van der Waals surface area contributed by atoms with Gasteiger partial charge in [0.15, 0.2) is 0 Å². The molecule has 1 aromatic rings. The van der Waals surface area contributed by atoms with E-state index in [0.717, 1.165) is 31.9 Å². The average Bonchev–Trinajstić information content (AvgIpc) is 2.27. The monoisotopic (exact) mass is 223 g/mol. The number of nitrogens with zero attached hydrogens (tertiary/aromatic N) is 1. The molecule has 1 aromatic carbocycles. The van der Waals surface area contributed by atoms with Crippen LogP contribution >= 0.6 is 0 Å². The normalized spacial score (nSPS) is 22.0. The third-order valence-electron chi connectivity index (χ3n) is 2.84. The summed E-state index contributed by atoms with van der Waals surface area (Å²) in [7, 11) is 2.12. The zero-order chi connectivity index (χ0) is 11.4. The summed E-state index contributed by atoms with van der Waals surface area (Å²) in [5.41, 5.74) is 0.843. The van der Waals surface area contributed by atoms with Gasteiger partial charge >= 0.3 is 0 Å². The Balaban J connectivity index is 1.82. The number of hydrogen-bond acceptors (Lipinski definition) is 3. The Bertz CT molecular complexity index is 343. The summed E-state index contributed by atoms with van der Waals surface area (Å²) in [4.78, 5) is 2.30. The quantitative estimate of drug-likeness (QED) is 0.804. The van der Waals surface area contributed by atoms with Gasteiger partial charge in [0.1, 0.15) is 5.82 Å². The van der Waals surface area contributed by atoms with E-state index in [1.54, 1.807) is 6.07 Å². The molecule has 3 nitrogen and oxygen atoms in total. The van der Waals surface area contributed by atoms with Crippen LogP contribution in [-0.4, -0.2) is 44.2 Å². The minimum absolute atomic E-state index is 0.196. The Hall–Kier alpha value is -1.13. The summed E-state index contributed by atoms with van der Waals surface area (Å²) in [6, 6.07) is 7.01. The highest BCUT2D eigenvalue weighted by molar-refractivity contribution is 5.43. The third-order valence-corrected chi connectivity index (χ3v) is 2.84. The topological polar surface area (TPSA) is 27.3 Å². The number of rotatable bonds is 3. The van der Waals surface area contributed by atoms with Gasteiger partial charge in [0.2, 0.25) is 0 Å². The molecule has 0 spiro atoms. The molecule has 0 radical (unpaired) electrons. The molecule has 0 aromatic heterocycles. The summed E-state index contributed by atoms with van der Waals surface area (Å²) in [5, 5.41) is 6.68. The van der Waals surface area contributed by atoms with Crippen LogP contribution in [0.3, 0.4) is 0 Å². The lowest BCUT2D eigenvalue weighted by Gasteiger charge is -2.31. The maximum atomic E-state index is 12.9. The Kier molecular flexibility index (Phi) is 3.74. The van der Waals surface area contributed by atoms with Crippen molar-refractivity contribution in [2.24, 2.45) is 0 Å². The molecule has 0 aliphatic carbocycles. The van der Waals surface area contributed by atoms with E-state index < -0.39 is 0 Å². The van der Waals surface area contributed by atoms with Gasteiger partial charge in [0, 0.05) is 37.9 Å². The highest BCUT2D eigenvalue weighted by Gasteiger charge is 2.15. The first-order valence-electron chi connectivity index (χ1n) is 5.65.